The molecule has 0 radical (unpaired) electrons. The van der Waals surface area contributed by atoms with E-state index in [1.807, 2.05) is 27.8 Å². The molecule has 1 unspecified atom stereocenters. The topological polar surface area (TPSA) is 37.3 Å². The minimum absolute atomic E-state index is 0.148. The zero-order chi connectivity index (χ0) is 13.8. The van der Waals surface area contributed by atoms with Crippen LogP contribution < -0.4 is 5.32 Å². The van der Waals surface area contributed by atoms with Crippen molar-refractivity contribution >= 4 is 5.91 Å². The molecule has 4 nitrogen and oxygen atoms in total. The Morgan fingerprint density at radius 1 is 1.58 bits per heavy atom. The third kappa shape index (κ3) is 3.18. The lowest BCUT2D eigenvalue weighted by Crippen LogP contribution is -2.41. The van der Waals surface area contributed by atoms with Crippen molar-refractivity contribution in [2.45, 2.75) is 45.7 Å². The van der Waals surface area contributed by atoms with Crippen LogP contribution in [0.4, 0.5) is 0 Å². The lowest BCUT2D eigenvalue weighted by atomic mass is 10.2. The summed E-state index contributed by atoms with van der Waals surface area (Å²) in [4.78, 5) is 14.6. The molecule has 1 atom stereocenters. The van der Waals surface area contributed by atoms with Crippen LogP contribution in [0.3, 0.4) is 0 Å². The molecule has 0 saturated carbocycles. The Labute approximate surface area is 115 Å². The molecule has 2 rings (SSSR count). The molecule has 2 heterocycles. The fraction of sp³-hybridized carbons (Fsp3) is 0.667. The van der Waals surface area contributed by atoms with Gasteiger partial charge in [-0.25, -0.2) is 0 Å². The van der Waals surface area contributed by atoms with Crippen LogP contribution in [0.15, 0.2) is 18.3 Å². The summed E-state index contributed by atoms with van der Waals surface area (Å²) in [6, 6.07) is 4.66. The molecule has 19 heavy (non-hydrogen) atoms. The Morgan fingerprint density at radius 3 is 2.95 bits per heavy atom. The maximum Gasteiger partial charge on any atom is 0.270 e. The van der Waals surface area contributed by atoms with Gasteiger partial charge in [0.25, 0.3) is 5.91 Å². The van der Waals surface area contributed by atoms with Crippen molar-refractivity contribution in [3.8, 4) is 0 Å². The SMILES string of the molecule is CCN(CC1CCCN1)C(=O)c1cccn1C(C)C. The first kappa shape index (κ1) is 14.1. The van der Waals surface area contributed by atoms with Gasteiger partial charge in [0.2, 0.25) is 0 Å². The highest BCUT2D eigenvalue weighted by Crippen LogP contribution is 2.15. The Hall–Kier alpha value is -1.29. The fourth-order valence-corrected chi connectivity index (χ4v) is 2.72. The van der Waals surface area contributed by atoms with Crippen molar-refractivity contribution < 1.29 is 4.79 Å². The molecule has 106 valence electrons. The molecule has 1 aromatic heterocycles. The molecule has 1 aliphatic heterocycles. The predicted octanol–water partition coefficient (Wildman–Crippen LogP) is 2.28. The van der Waals surface area contributed by atoms with E-state index in [1.165, 1.54) is 12.8 Å². The van der Waals surface area contributed by atoms with Crippen LogP contribution in [0, 0.1) is 0 Å². The van der Waals surface area contributed by atoms with Gasteiger partial charge in [0, 0.05) is 31.4 Å². The molecule has 0 aromatic carbocycles. The molecule has 1 amide bonds. The molecule has 4 heteroatoms. The summed E-state index contributed by atoms with van der Waals surface area (Å²) in [5, 5.41) is 3.46. The molecule has 0 aliphatic carbocycles. The van der Waals surface area contributed by atoms with E-state index >= 15 is 0 Å². The summed E-state index contributed by atoms with van der Waals surface area (Å²) in [5.74, 6) is 0.148. The average Bonchev–Trinajstić information content (AvgIpc) is 3.05. The zero-order valence-electron chi connectivity index (χ0n) is 12.2. The number of nitrogens with zero attached hydrogens (tertiary/aromatic N) is 2. The van der Waals surface area contributed by atoms with Gasteiger partial charge >= 0.3 is 0 Å². The van der Waals surface area contributed by atoms with E-state index in [-0.39, 0.29) is 5.91 Å². The third-order valence-corrected chi connectivity index (χ3v) is 3.83. The molecule has 1 fully saturated rings. The number of aromatic nitrogens is 1. The number of likely N-dealkylation sites (N-methyl/N-ethyl adjacent to an activating group) is 1. The molecule has 0 spiro atoms. The van der Waals surface area contributed by atoms with Crippen LogP contribution in [0.5, 0.6) is 0 Å². The van der Waals surface area contributed by atoms with Crippen LogP contribution >= 0.6 is 0 Å². The summed E-state index contributed by atoms with van der Waals surface area (Å²) < 4.78 is 2.05. The van der Waals surface area contributed by atoms with E-state index in [2.05, 4.69) is 26.1 Å². The summed E-state index contributed by atoms with van der Waals surface area (Å²) in [7, 11) is 0. The Kier molecular flexibility index (Phi) is 4.64. The van der Waals surface area contributed by atoms with Crippen LogP contribution in [-0.2, 0) is 0 Å². The highest BCUT2D eigenvalue weighted by molar-refractivity contribution is 5.92. The number of amides is 1. The van der Waals surface area contributed by atoms with Crippen LogP contribution in [-0.4, -0.2) is 41.1 Å². The maximum absolute atomic E-state index is 12.6. The van der Waals surface area contributed by atoms with E-state index in [0.717, 1.165) is 25.3 Å². The van der Waals surface area contributed by atoms with Gasteiger partial charge in [0.15, 0.2) is 0 Å². The van der Waals surface area contributed by atoms with E-state index < -0.39 is 0 Å². The van der Waals surface area contributed by atoms with Gasteiger partial charge < -0.3 is 14.8 Å². The zero-order valence-corrected chi connectivity index (χ0v) is 12.2. The van der Waals surface area contributed by atoms with E-state index in [4.69, 9.17) is 0 Å². The minimum atomic E-state index is 0.148. The predicted molar refractivity (Wildman–Crippen MR) is 77.4 cm³/mol. The first-order valence-corrected chi connectivity index (χ1v) is 7.33. The molecular formula is C15H25N3O. The minimum Gasteiger partial charge on any atom is -0.341 e. The second kappa shape index (κ2) is 6.24. The highest BCUT2D eigenvalue weighted by atomic mass is 16.2. The Balaban J connectivity index is 2.08. The van der Waals surface area contributed by atoms with Crippen molar-refractivity contribution in [1.29, 1.82) is 0 Å². The van der Waals surface area contributed by atoms with Crippen molar-refractivity contribution in [2.75, 3.05) is 19.6 Å². The van der Waals surface area contributed by atoms with Crippen LogP contribution in [0.2, 0.25) is 0 Å². The number of hydrogen-bond acceptors (Lipinski definition) is 2. The maximum atomic E-state index is 12.6. The third-order valence-electron chi connectivity index (χ3n) is 3.83. The smallest absolute Gasteiger partial charge is 0.270 e. The van der Waals surface area contributed by atoms with Crippen LogP contribution in [0.25, 0.3) is 0 Å². The van der Waals surface area contributed by atoms with Crippen molar-refractivity contribution in [1.82, 2.24) is 14.8 Å². The first-order chi connectivity index (χ1) is 9.13. The summed E-state index contributed by atoms with van der Waals surface area (Å²) in [6.07, 6.45) is 4.38. The van der Waals surface area contributed by atoms with Gasteiger partial charge in [-0.1, -0.05) is 0 Å². The lowest BCUT2D eigenvalue weighted by Gasteiger charge is -2.25. The average molecular weight is 263 g/mol. The molecular weight excluding hydrogens is 238 g/mol. The second-order valence-corrected chi connectivity index (χ2v) is 5.53. The quantitative estimate of drug-likeness (QED) is 0.885. The van der Waals surface area contributed by atoms with Gasteiger partial charge in [-0.15, -0.1) is 0 Å². The molecule has 1 N–H and O–H groups in total. The number of nitrogens with one attached hydrogen (secondary N) is 1. The largest absolute Gasteiger partial charge is 0.341 e. The van der Waals surface area contributed by atoms with E-state index in [9.17, 15) is 4.79 Å². The summed E-state index contributed by atoms with van der Waals surface area (Å²) in [6.45, 7) is 8.92. The molecule has 1 saturated heterocycles. The van der Waals surface area contributed by atoms with Crippen molar-refractivity contribution in [3.63, 3.8) is 0 Å². The van der Waals surface area contributed by atoms with Crippen molar-refractivity contribution in [3.05, 3.63) is 24.0 Å². The summed E-state index contributed by atoms with van der Waals surface area (Å²) in [5.41, 5.74) is 0.801. The second-order valence-electron chi connectivity index (χ2n) is 5.53. The van der Waals surface area contributed by atoms with Crippen LogP contribution in [0.1, 0.15) is 50.1 Å². The van der Waals surface area contributed by atoms with Gasteiger partial charge in [-0.05, 0) is 52.3 Å². The van der Waals surface area contributed by atoms with Gasteiger partial charge in [0.1, 0.15) is 5.69 Å². The monoisotopic (exact) mass is 263 g/mol. The standard InChI is InChI=1S/C15H25N3O/c1-4-17(11-13-7-5-9-16-13)15(19)14-8-6-10-18(14)12(2)3/h6,8,10,12-13,16H,4-5,7,9,11H2,1-3H3. The highest BCUT2D eigenvalue weighted by Gasteiger charge is 2.23. The van der Waals surface area contributed by atoms with Gasteiger partial charge in [-0.2, -0.15) is 0 Å². The molecule has 1 aliphatic rings. The Morgan fingerprint density at radius 2 is 2.37 bits per heavy atom. The van der Waals surface area contributed by atoms with Gasteiger partial charge in [-0.3, -0.25) is 4.79 Å². The number of carbonyl (C=O) groups is 1. The number of hydrogen-bond donors (Lipinski definition) is 1. The number of carbonyl (C=O) groups excluding carboxylic acids is 1. The van der Waals surface area contributed by atoms with E-state index in [0.29, 0.717) is 12.1 Å². The molecule has 1 aromatic rings. The number of rotatable bonds is 5. The van der Waals surface area contributed by atoms with Crippen molar-refractivity contribution in [2.24, 2.45) is 0 Å². The fourth-order valence-electron chi connectivity index (χ4n) is 2.72. The molecule has 0 bridgehead atoms. The first-order valence-electron chi connectivity index (χ1n) is 7.33. The van der Waals surface area contributed by atoms with E-state index in [1.54, 1.807) is 0 Å². The normalized spacial score (nSPS) is 19.1. The van der Waals surface area contributed by atoms with Gasteiger partial charge in [0.05, 0.1) is 0 Å². The Bertz CT molecular complexity index is 419. The lowest BCUT2D eigenvalue weighted by molar-refractivity contribution is 0.0739. The summed E-state index contributed by atoms with van der Waals surface area (Å²) >= 11 is 0.